The molecule has 0 aliphatic heterocycles. The van der Waals surface area contributed by atoms with E-state index < -0.39 is 0 Å². The predicted octanol–water partition coefficient (Wildman–Crippen LogP) is 0.501. The summed E-state index contributed by atoms with van der Waals surface area (Å²) in [5, 5.41) is 0. The summed E-state index contributed by atoms with van der Waals surface area (Å²) in [6.45, 7) is 2.09. The van der Waals surface area contributed by atoms with Crippen LogP contribution in [0.2, 0.25) is 0 Å². The van der Waals surface area contributed by atoms with Gasteiger partial charge in [0.2, 0.25) is 0 Å². The minimum absolute atomic E-state index is 0.246. The fraction of sp³-hybridized carbons (Fsp3) is 0.875. The van der Waals surface area contributed by atoms with Gasteiger partial charge >= 0.3 is 5.97 Å². The number of carbonyl (C=O) groups excluding carboxylic acids is 1. The minimum atomic E-state index is -0.264. The molecule has 0 rings (SSSR count). The molecule has 0 aromatic heterocycles. The second-order valence-corrected chi connectivity index (χ2v) is 3.85. The first-order valence-corrected chi connectivity index (χ1v) is 4.92. The Morgan fingerprint density at radius 2 is 2.15 bits per heavy atom. The number of alkyl halides is 1. The molecule has 1 unspecified atom stereocenters. The third kappa shape index (κ3) is 6.01. The van der Waals surface area contributed by atoms with Crippen LogP contribution in [0.25, 0.3) is 0 Å². The van der Waals surface area contributed by atoms with Gasteiger partial charge in [-0.1, -0.05) is 15.9 Å². The largest absolute Gasteiger partial charge is 0.468 e. The first kappa shape index (κ1) is 12.9. The molecular weight excluding hydrogens is 238 g/mol. The molecule has 0 saturated heterocycles. The summed E-state index contributed by atoms with van der Waals surface area (Å²) in [5.74, 6) is -0.246. The molecule has 0 amide bonds. The molecule has 0 fully saturated rings. The molecule has 13 heavy (non-hydrogen) atoms. The quantitative estimate of drug-likeness (QED) is 0.511. The highest BCUT2D eigenvalue weighted by Gasteiger charge is 2.16. The van der Waals surface area contributed by atoms with Gasteiger partial charge in [0.15, 0.2) is 0 Å². The highest BCUT2D eigenvalue weighted by atomic mass is 79.9. The smallest absolute Gasteiger partial charge is 0.320 e. The van der Waals surface area contributed by atoms with E-state index in [1.807, 2.05) is 11.9 Å². The molecule has 0 aromatic rings. The minimum Gasteiger partial charge on any atom is -0.468 e. The number of nitrogens with zero attached hydrogens (tertiary/aromatic N) is 1. The third-order valence-corrected chi connectivity index (χ3v) is 2.27. The summed E-state index contributed by atoms with van der Waals surface area (Å²) < 4.78 is 9.48. The van der Waals surface area contributed by atoms with Gasteiger partial charge in [0, 0.05) is 20.2 Å². The van der Waals surface area contributed by atoms with Gasteiger partial charge in [-0.25, -0.2) is 0 Å². The molecule has 0 aromatic carbocycles. The fourth-order valence-corrected chi connectivity index (χ4v) is 1.50. The van der Waals surface area contributed by atoms with Crippen LogP contribution in [0.5, 0.6) is 0 Å². The summed E-state index contributed by atoms with van der Waals surface area (Å²) in [4.78, 5) is 12.7. The predicted molar refractivity (Wildman–Crippen MR) is 54.1 cm³/mol. The van der Waals surface area contributed by atoms with E-state index in [1.165, 1.54) is 7.11 Å². The van der Waals surface area contributed by atoms with Crippen LogP contribution >= 0.6 is 15.9 Å². The maximum Gasteiger partial charge on any atom is 0.320 e. The van der Waals surface area contributed by atoms with Gasteiger partial charge in [0.05, 0.1) is 13.7 Å². The summed E-state index contributed by atoms with van der Waals surface area (Å²) >= 11 is 3.24. The number of ether oxygens (including phenoxy) is 2. The molecule has 0 aliphatic rings. The highest BCUT2D eigenvalue weighted by molar-refractivity contribution is 9.10. The summed E-state index contributed by atoms with van der Waals surface area (Å²) in [6.07, 6.45) is 0. The van der Waals surface area contributed by atoms with Gasteiger partial charge in [-0.05, 0) is 7.05 Å². The van der Waals surface area contributed by atoms with Crippen molar-refractivity contribution in [3.63, 3.8) is 0 Å². The van der Waals surface area contributed by atoms with Crippen molar-refractivity contribution < 1.29 is 14.3 Å². The average Bonchev–Trinajstić information content (AvgIpc) is 2.13. The van der Waals surface area contributed by atoms with E-state index in [4.69, 9.17) is 4.74 Å². The van der Waals surface area contributed by atoms with Gasteiger partial charge in [-0.2, -0.15) is 0 Å². The van der Waals surface area contributed by atoms with Crippen LogP contribution in [0.1, 0.15) is 0 Å². The maximum atomic E-state index is 11.0. The lowest BCUT2D eigenvalue weighted by Crippen LogP contribution is -2.33. The van der Waals surface area contributed by atoms with Gasteiger partial charge < -0.3 is 14.4 Å². The van der Waals surface area contributed by atoms with E-state index in [0.29, 0.717) is 13.2 Å². The fourth-order valence-electron chi connectivity index (χ4n) is 0.814. The van der Waals surface area contributed by atoms with Gasteiger partial charge in [0.25, 0.3) is 0 Å². The summed E-state index contributed by atoms with van der Waals surface area (Å²) in [6, 6.07) is 0. The van der Waals surface area contributed by atoms with Gasteiger partial charge in [0.1, 0.15) is 4.83 Å². The average molecular weight is 254 g/mol. The molecule has 5 heteroatoms. The maximum absolute atomic E-state index is 11.0. The Kier molecular flexibility index (Phi) is 7.22. The lowest BCUT2D eigenvalue weighted by Gasteiger charge is -2.18. The van der Waals surface area contributed by atoms with Crippen LogP contribution in [0.15, 0.2) is 0 Å². The Balaban J connectivity index is 3.64. The molecule has 0 spiro atoms. The number of methoxy groups -OCH3 is 2. The zero-order valence-corrected chi connectivity index (χ0v) is 9.83. The number of carbonyl (C=O) groups is 1. The normalized spacial score (nSPS) is 13.0. The van der Waals surface area contributed by atoms with Crippen molar-refractivity contribution in [3.05, 3.63) is 0 Å². The number of halogens is 1. The molecule has 1 atom stereocenters. The van der Waals surface area contributed by atoms with E-state index in [-0.39, 0.29) is 10.8 Å². The number of rotatable bonds is 6. The van der Waals surface area contributed by atoms with E-state index in [1.54, 1.807) is 7.11 Å². The van der Waals surface area contributed by atoms with Crippen molar-refractivity contribution in [2.45, 2.75) is 4.83 Å². The topological polar surface area (TPSA) is 38.8 Å². The zero-order chi connectivity index (χ0) is 10.3. The van der Waals surface area contributed by atoms with Crippen molar-refractivity contribution in [1.82, 2.24) is 4.90 Å². The Labute approximate surface area is 87.3 Å². The van der Waals surface area contributed by atoms with Crippen LogP contribution in [-0.2, 0) is 14.3 Å². The first-order valence-electron chi connectivity index (χ1n) is 4.01. The molecule has 78 valence electrons. The van der Waals surface area contributed by atoms with Crippen molar-refractivity contribution in [2.24, 2.45) is 0 Å². The Morgan fingerprint density at radius 1 is 1.54 bits per heavy atom. The lowest BCUT2D eigenvalue weighted by atomic mass is 10.4. The van der Waals surface area contributed by atoms with Crippen molar-refractivity contribution in [3.8, 4) is 0 Å². The molecule has 0 N–H and O–H groups in total. The van der Waals surface area contributed by atoms with Crippen molar-refractivity contribution in [1.29, 1.82) is 0 Å². The van der Waals surface area contributed by atoms with Gasteiger partial charge in [-0.3, -0.25) is 4.79 Å². The standard InChI is InChI=1S/C8H16BrNO3/c1-10(4-5-12-2)6-7(9)8(11)13-3/h7H,4-6H2,1-3H3. The monoisotopic (exact) mass is 253 g/mol. The van der Waals surface area contributed by atoms with Crippen LogP contribution < -0.4 is 0 Å². The second-order valence-electron chi connectivity index (χ2n) is 2.75. The number of esters is 1. The molecule has 0 radical (unpaired) electrons. The summed E-state index contributed by atoms with van der Waals surface area (Å²) in [7, 11) is 4.96. The Hall–Kier alpha value is -0.130. The van der Waals surface area contributed by atoms with Crippen LogP contribution in [-0.4, -0.2) is 56.7 Å². The van der Waals surface area contributed by atoms with Crippen LogP contribution in [0.4, 0.5) is 0 Å². The highest BCUT2D eigenvalue weighted by Crippen LogP contribution is 2.03. The molecule has 0 bridgehead atoms. The van der Waals surface area contributed by atoms with Crippen molar-refractivity contribution >= 4 is 21.9 Å². The van der Waals surface area contributed by atoms with E-state index in [2.05, 4.69) is 20.7 Å². The Morgan fingerprint density at radius 3 is 2.62 bits per heavy atom. The van der Waals surface area contributed by atoms with Crippen molar-refractivity contribution in [2.75, 3.05) is 41.0 Å². The number of hydrogen-bond donors (Lipinski definition) is 0. The molecule has 4 nitrogen and oxygen atoms in total. The SMILES string of the molecule is COCCN(C)CC(Br)C(=O)OC. The van der Waals surface area contributed by atoms with E-state index in [0.717, 1.165) is 6.54 Å². The Bertz CT molecular complexity index is 154. The summed E-state index contributed by atoms with van der Waals surface area (Å²) in [5.41, 5.74) is 0. The van der Waals surface area contributed by atoms with Crippen LogP contribution in [0, 0.1) is 0 Å². The zero-order valence-electron chi connectivity index (χ0n) is 8.25. The number of likely N-dealkylation sites (N-methyl/N-ethyl adjacent to an activating group) is 1. The third-order valence-electron chi connectivity index (χ3n) is 1.61. The molecule has 0 saturated carbocycles. The van der Waals surface area contributed by atoms with Gasteiger partial charge in [-0.15, -0.1) is 0 Å². The lowest BCUT2D eigenvalue weighted by molar-refractivity contribution is -0.140. The van der Waals surface area contributed by atoms with E-state index >= 15 is 0 Å². The first-order chi connectivity index (χ1) is 6.11. The van der Waals surface area contributed by atoms with E-state index in [9.17, 15) is 4.79 Å². The number of hydrogen-bond acceptors (Lipinski definition) is 4. The molecule has 0 aliphatic carbocycles. The molecular formula is C8H16BrNO3. The second kappa shape index (κ2) is 7.29. The molecule has 0 heterocycles. The van der Waals surface area contributed by atoms with Crippen LogP contribution in [0.3, 0.4) is 0 Å².